The van der Waals surface area contributed by atoms with Crippen LogP contribution in [0.2, 0.25) is 0 Å². The number of ether oxygens (including phenoxy) is 1. The van der Waals surface area contributed by atoms with Crippen LogP contribution in [0.3, 0.4) is 0 Å². The quantitative estimate of drug-likeness (QED) is 0.341. The molecule has 0 saturated carbocycles. The number of esters is 1. The number of nitro benzene ring substituents is 1. The number of sulfonamides is 1. The fourth-order valence-corrected chi connectivity index (χ4v) is 3.76. The van der Waals surface area contributed by atoms with Gasteiger partial charge in [-0.2, -0.15) is 4.72 Å². The maximum absolute atomic E-state index is 12.6. The number of hydrogen-bond donors (Lipinski definition) is 2. The van der Waals surface area contributed by atoms with E-state index in [2.05, 4.69) is 20.7 Å². The van der Waals surface area contributed by atoms with Crippen molar-refractivity contribution in [1.29, 1.82) is 0 Å². The number of carbonyl (C=O) groups excluding carboxylic acids is 1. The number of carbonyl (C=O) groups is 1. The Kier molecular flexibility index (Phi) is 7.24. The first-order chi connectivity index (χ1) is 13.2. The largest absolute Gasteiger partial charge is 0.465 e. The molecule has 28 heavy (non-hydrogen) atoms. The number of benzene rings is 2. The Balaban J connectivity index is 2.34. The fraction of sp³-hybridized carbons (Fsp3) is 0.235. The molecule has 0 amide bonds. The van der Waals surface area contributed by atoms with Gasteiger partial charge in [0, 0.05) is 16.6 Å². The van der Waals surface area contributed by atoms with E-state index < -0.39 is 33.1 Å². The summed E-state index contributed by atoms with van der Waals surface area (Å²) >= 11 is 3.20. The second-order valence-electron chi connectivity index (χ2n) is 5.60. The van der Waals surface area contributed by atoms with Crippen molar-refractivity contribution >= 4 is 37.6 Å². The summed E-state index contributed by atoms with van der Waals surface area (Å²) in [4.78, 5) is 22.3. The van der Waals surface area contributed by atoms with E-state index in [1.807, 2.05) is 0 Å². The molecule has 0 aliphatic rings. The molecule has 150 valence electrons. The van der Waals surface area contributed by atoms with Gasteiger partial charge in [0.05, 0.1) is 16.4 Å². The molecule has 0 spiro atoms. The van der Waals surface area contributed by atoms with Crippen molar-refractivity contribution in [3.8, 4) is 0 Å². The molecule has 2 N–H and O–H groups in total. The first-order valence-electron chi connectivity index (χ1n) is 8.02. The fourth-order valence-electron chi connectivity index (χ4n) is 2.31. The molecule has 2 rings (SSSR count). The van der Waals surface area contributed by atoms with Gasteiger partial charge in [0.1, 0.15) is 12.1 Å². The van der Waals surface area contributed by atoms with E-state index in [0.29, 0.717) is 4.47 Å². The monoisotopic (exact) mass is 472 g/mol. The molecule has 0 unspecified atom stereocenters. The van der Waals surface area contributed by atoms with E-state index in [-0.39, 0.29) is 22.8 Å². The summed E-state index contributed by atoms with van der Waals surface area (Å²) in [5.41, 5.74) is -0.0961. The lowest BCUT2D eigenvalue weighted by Crippen LogP contribution is -2.45. The minimum absolute atomic E-state index is 0.0255. The molecule has 0 saturated heterocycles. The van der Waals surface area contributed by atoms with Crippen LogP contribution in [0.1, 0.15) is 18.6 Å². The lowest BCUT2D eigenvalue weighted by Gasteiger charge is -2.22. The van der Waals surface area contributed by atoms with E-state index in [9.17, 15) is 28.4 Å². The third-order valence-corrected chi connectivity index (χ3v) is 5.69. The number of aliphatic hydroxyl groups is 1. The minimum Gasteiger partial charge on any atom is -0.465 e. The minimum atomic E-state index is -4.15. The maximum atomic E-state index is 12.6. The van der Waals surface area contributed by atoms with E-state index >= 15 is 0 Å². The topological polar surface area (TPSA) is 136 Å². The van der Waals surface area contributed by atoms with Gasteiger partial charge >= 0.3 is 5.97 Å². The van der Waals surface area contributed by atoms with Gasteiger partial charge in [-0.15, -0.1) is 0 Å². The van der Waals surface area contributed by atoms with Gasteiger partial charge in [-0.05, 0) is 48.9 Å². The molecule has 0 aromatic heterocycles. The highest BCUT2D eigenvalue weighted by Crippen LogP contribution is 2.23. The second kappa shape index (κ2) is 9.24. The highest BCUT2D eigenvalue weighted by atomic mass is 79.9. The van der Waals surface area contributed by atoms with Crippen molar-refractivity contribution in [1.82, 2.24) is 4.72 Å². The Bertz CT molecular complexity index is 946. The smallest absolute Gasteiger partial charge is 0.327 e. The zero-order valence-corrected chi connectivity index (χ0v) is 17.0. The van der Waals surface area contributed by atoms with Crippen LogP contribution in [0.25, 0.3) is 0 Å². The average molecular weight is 473 g/mol. The normalized spacial score (nSPS) is 13.5. The van der Waals surface area contributed by atoms with E-state index in [1.54, 1.807) is 0 Å². The number of nitro groups is 1. The number of nitrogens with zero attached hydrogens (tertiary/aromatic N) is 1. The van der Waals surface area contributed by atoms with Crippen LogP contribution in [0.15, 0.2) is 57.9 Å². The summed E-state index contributed by atoms with van der Waals surface area (Å²) in [7, 11) is -4.15. The number of halogens is 1. The Morgan fingerprint density at radius 2 is 1.79 bits per heavy atom. The molecule has 11 heteroatoms. The molecule has 2 aromatic rings. The maximum Gasteiger partial charge on any atom is 0.327 e. The molecule has 0 aliphatic carbocycles. The summed E-state index contributed by atoms with van der Waals surface area (Å²) in [6, 6.07) is 8.80. The zero-order chi connectivity index (χ0) is 20.9. The predicted molar refractivity (Wildman–Crippen MR) is 103 cm³/mol. The number of nitrogens with one attached hydrogen (secondary N) is 1. The lowest BCUT2D eigenvalue weighted by atomic mass is 10.0. The number of non-ortho nitro benzene ring substituents is 1. The summed E-state index contributed by atoms with van der Waals surface area (Å²) in [6.07, 6.45) is -1.62. The third-order valence-electron chi connectivity index (χ3n) is 3.71. The number of hydrogen-bond acceptors (Lipinski definition) is 7. The van der Waals surface area contributed by atoms with Crippen LogP contribution >= 0.6 is 15.9 Å². The molecule has 0 bridgehead atoms. The van der Waals surface area contributed by atoms with Crippen molar-refractivity contribution in [2.24, 2.45) is 0 Å². The van der Waals surface area contributed by atoms with Gasteiger partial charge in [0.15, 0.2) is 0 Å². The molecule has 0 heterocycles. The SMILES string of the molecule is CCOC(=O)[C@@H](NS(=O)(=O)c1ccc(Br)cc1)[C@@H](O)c1ccc([N+](=O)[O-])cc1. The first kappa shape index (κ1) is 22.0. The van der Waals surface area contributed by atoms with Crippen LogP contribution < -0.4 is 4.72 Å². The Morgan fingerprint density at radius 1 is 1.21 bits per heavy atom. The number of rotatable bonds is 8. The van der Waals surface area contributed by atoms with Crippen molar-refractivity contribution < 1.29 is 28.0 Å². The molecule has 9 nitrogen and oxygen atoms in total. The Labute approximate surface area is 169 Å². The molecule has 0 fully saturated rings. The number of aliphatic hydroxyl groups excluding tert-OH is 1. The van der Waals surface area contributed by atoms with Gasteiger partial charge in [-0.25, -0.2) is 8.42 Å². The summed E-state index contributed by atoms with van der Waals surface area (Å²) in [5, 5.41) is 21.3. The molecule has 2 atom stereocenters. The summed E-state index contributed by atoms with van der Waals surface area (Å²) in [6.45, 7) is 1.51. The molecular formula is C17H17BrN2O7S. The van der Waals surface area contributed by atoms with Gasteiger partial charge in [0.2, 0.25) is 10.0 Å². The van der Waals surface area contributed by atoms with Gasteiger partial charge in [-0.3, -0.25) is 14.9 Å². The first-order valence-corrected chi connectivity index (χ1v) is 10.3. The van der Waals surface area contributed by atoms with Crippen LogP contribution in [0.4, 0.5) is 5.69 Å². The zero-order valence-electron chi connectivity index (χ0n) is 14.6. The van der Waals surface area contributed by atoms with Gasteiger partial charge in [0.25, 0.3) is 5.69 Å². The standard InChI is InChI=1S/C17H17BrN2O7S/c1-2-27-17(22)15(16(21)11-3-7-13(8-4-11)20(23)24)19-28(25,26)14-9-5-12(18)6-10-14/h3-10,15-16,19,21H,2H2,1H3/t15-,16-/m0/s1. The molecule has 2 aromatic carbocycles. The highest BCUT2D eigenvalue weighted by molar-refractivity contribution is 9.10. The van der Waals surface area contributed by atoms with Crippen molar-refractivity contribution in [2.45, 2.75) is 24.0 Å². The second-order valence-corrected chi connectivity index (χ2v) is 8.23. The van der Waals surface area contributed by atoms with Gasteiger partial charge < -0.3 is 9.84 Å². The highest BCUT2D eigenvalue weighted by Gasteiger charge is 2.34. The van der Waals surface area contributed by atoms with Gasteiger partial charge in [-0.1, -0.05) is 15.9 Å². The van der Waals surface area contributed by atoms with Crippen molar-refractivity contribution in [3.63, 3.8) is 0 Å². The summed E-state index contributed by atoms with van der Waals surface area (Å²) in [5.74, 6) is -0.978. The van der Waals surface area contributed by atoms with E-state index in [4.69, 9.17) is 4.74 Å². The van der Waals surface area contributed by atoms with Crippen LogP contribution in [0.5, 0.6) is 0 Å². The van der Waals surface area contributed by atoms with Crippen molar-refractivity contribution in [3.05, 3.63) is 68.7 Å². The van der Waals surface area contributed by atoms with Crippen LogP contribution in [-0.2, 0) is 19.6 Å². The molecular weight excluding hydrogens is 456 g/mol. The van der Waals surface area contributed by atoms with Crippen LogP contribution in [-0.4, -0.2) is 37.1 Å². The van der Waals surface area contributed by atoms with E-state index in [1.165, 1.54) is 43.3 Å². The Hall–Kier alpha value is -2.34. The van der Waals surface area contributed by atoms with Crippen molar-refractivity contribution in [2.75, 3.05) is 6.61 Å². The average Bonchev–Trinajstić information content (AvgIpc) is 2.66. The molecule has 0 aliphatic heterocycles. The lowest BCUT2D eigenvalue weighted by molar-refractivity contribution is -0.384. The Morgan fingerprint density at radius 3 is 2.29 bits per heavy atom. The molecule has 0 radical (unpaired) electrons. The van der Waals surface area contributed by atoms with Crippen LogP contribution in [0, 0.1) is 10.1 Å². The predicted octanol–water partition coefficient (Wildman–Crippen LogP) is 2.30. The van der Waals surface area contributed by atoms with E-state index in [0.717, 1.165) is 12.1 Å². The summed E-state index contributed by atoms with van der Waals surface area (Å²) < 4.78 is 32.9. The third kappa shape index (κ3) is 5.35.